The lowest BCUT2D eigenvalue weighted by Crippen LogP contribution is -2.15. The number of aromatic nitrogens is 4. The van der Waals surface area contributed by atoms with E-state index in [0.717, 1.165) is 12.1 Å². The molecule has 0 saturated heterocycles. The Labute approximate surface area is 146 Å². The van der Waals surface area contributed by atoms with Gasteiger partial charge in [-0.15, -0.1) is 0 Å². The van der Waals surface area contributed by atoms with Gasteiger partial charge in [-0.3, -0.25) is 9.48 Å². The van der Waals surface area contributed by atoms with Crippen LogP contribution in [0, 0.1) is 6.92 Å². The highest BCUT2D eigenvalue weighted by molar-refractivity contribution is 5.77. The van der Waals surface area contributed by atoms with Crippen molar-refractivity contribution >= 4 is 11.0 Å². The van der Waals surface area contributed by atoms with Crippen LogP contribution in [0.1, 0.15) is 35.5 Å². The lowest BCUT2D eigenvalue weighted by atomic mass is 9.95. The molecule has 3 aromatic rings. The number of hydrogen-bond acceptors (Lipinski definition) is 4. The third-order valence-corrected chi connectivity index (χ3v) is 4.18. The van der Waals surface area contributed by atoms with Crippen molar-refractivity contribution in [1.82, 2.24) is 19.7 Å². The molecule has 1 aromatic carbocycles. The molecule has 0 radical (unpaired) electrons. The molecule has 0 aliphatic rings. The number of halogens is 3. The van der Waals surface area contributed by atoms with E-state index < -0.39 is 23.2 Å². The summed E-state index contributed by atoms with van der Waals surface area (Å²) in [6, 6.07) is 5.00. The molecule has 0 fully saturated rings. The Morgan fingerprint density at radius 2 is 2.08 bits per heavy atom. The third kappa shape index (κ3) is 3.22. The normalized spacial score (nSPS) is 13.3. The highest BCUT2D eigenvalue weighted by Crippen LogP contribution is 2.33. The molecule has 2 heterocycles. The first kappa shape index (κ1) is 18.1. The van der Waals surface area contributed by atoms with Crippen molar-refractivity contribution < 1.29 is 18.3 Å². The Morgan fingerprint density at radius 3 is 2.73 bits per heavy atom. The summed E-state index contributed by atoms with van der Waals surface area (Å²) in [5.74, 6) is -0.142. The second kappa shape index (κ2) is 6.56. The zero-order chi connectivity index (χ0) is 19.1. The first-order chi connectivity index (χ1) is 12.2. The fourth-order valence-electron chi connectivity index (χ4n) is 2.92. The molecular weight excluding hydrogens is 349 g/mol. The van der Waals surface area contributed by atoms with Gasteiger partial charge in [0.25, 0.3) is 5.56 Å². The molecule has 0 unspecified atom stereocenters. The Kier molecular flexibility index (Phi) is 4.57. The predicted molar refractivity (Wildman–Crippen MR) is 88.9 cm³/mol. The lowest BCUT2D eigenvalue weighted by Gasteiger charge is -2.13. The second-order valence-electron chi connectivity index (χ2n) is 6.03. The van der Waals surface area contributed by atoms with Gasteiger partial charge in [-0.1, -0.05) is 25.1 Å². The maximum absolute atomic E-state index is 13.0. The number of nitrogens with one attached hydrogen (secondary N) is 1. The van der Waals surface area contributed by atoms with Crippen molar-refractivity contribution in [1.29, 1.82) is 0 Å². The maximum atomic E-state index is 13.0. The summed E-state index contributed by atoms with van der Waals surface area (Å²) in [6.45, 7) is 3.17. The van der Waals surface area contributed by atoms with E-state index >= 15 is 0 Å². The minimum atomic E-state index is -4.44. The number of hydrogen-bond donors (Lipinski definition) is 2. The van der Waals surface area contributed by atoms with Gasteiger partial charge < -0.3 is 10.1 Å². The van der Waals surface area contributed by atoms with Gasteiger partial charge in [-0.05, 0) is 18.6 Å². The molecule has 0 aliphatic carbocycles. The average molecular weight is 366 g/mol. The van der Waals surface area contributed by atoms with Crippen LogP contribution in [0.5, 0.6) is 0 Å². The summed E-state index contributed by atoms with van der Waals surface area (Å²) < 4.78 is 40.3. The molecule has 0 saturated carbocycles. The van der Waals surface area contributed by atoms with Gasteiger partial charge in [0.1, 0.15) is 11.3 Å². The first-order valence-corrected chi connectivity index (χ1v) is 7.97. The van der Waals surface area contributed by atoms with E-state index in [1.165, 1.54) is 10.7 Å². The summed E-state index contributed by atoms with van der Waals surface area (Å²) in [7, 11) is 0. The van der Waals surface area contributed by atoms with Gasteiger partial charge in [-0.25, -0.2) is 4.98 Å². The van der Waals surface area contributed by atoms with Crippen LogP contribution in [-0.4, -0.2) is 31.5 Å². The second-order valence-corrected chi connectivity index (χ2v) is 6.03. The van der Waals surface area contributed by atoms with Crippen LogP contribution in [0.4, 0.5) is 13.2 Å². The van der Waals surface area contributed by atoms with Crippen molar-refractivity contribution in [2.75, 3.05) is 6.61 Å². The van der Waals surface area contributed by atoms with Crippen LogP contribution in [0.2, 0.25) is 0 Å². The summed E-state index contributed by atoms with van der Waals surface area (Å²) >= 11 is 0. The topological polar surface area (TPSA) is 83.8 Å². The molecule has 6 nitrogen and oxygen atoms in total. The number of H-pyrrole nitrogens is 1. The minimum Gasteiger partial charge on any atom is -0.394 e. The zero-order valence-corrected chi connectivity index (χ0v) is 14.1. The van der Waals surface area contributed by atoms with Crippen molar-refractivity contribution in [3.8, 4) is 0 Å². The van der Waals surface area contributed by atoms with E-state index in [1.54, 1.807) is 19.9 Å². The monoisotopic (exact) mass is 366 g/mol. The minimum absolute atomic E-state index is 0.0830. The van der Waals surface area contributed by atoms with Crippen LogP contribution in [0.25, 0.3) is 11.0 Å². The van der Waals surface area contributed by atoms with Crippen LogP contribution in [0.3, 0.4) is 0 Å². The summed E-state index contributed by atoms with van der Waals surface area (Å²) in [6.07, 6.45) is -4.44. The highest BCUT2D eigenvalue weighted by Gasteiger charge is 2.31. The number of benzene rings is 1. The van der Waals surface area contributed by atoms with Crippen LogP contribution in [-0.2, 0) is 12.7 Å². The van der Waals surface area contributed by atoms with E-state index in [1.807, 2.05) is 0 Å². The van der Waals surface area contributed by atoms with Gasteiger partial charge in [0, 0.05) is 5.92 Å². The van der Waals surface area contributed by atoms with Crippen LogP contribution in [0.15, 0.2) is 29.1 Å². The number of nitrogens with zero attached hydrogens (tertiary/aromatic N) is 3. The Hall–Kier alpha value is -2.68. The first-order valence-electron chi connectivity index (χ1n) is 7.97. The van der Waals surface area contributed by atoms with Crippen molar-refractivity contribution in [3.63, 3.8) is 0 Å². The maximum Gasteiger partial charge on any atom is 0.416 e. The van der Waals surface area contributed by atoms with E-state index in [9.17, 15) is 23.1 Å². The Balaban J connectivity index is 2.17. The number of aliphatic hydroxyl groups is 1. The molecule has 9 heteroatoms. The van der Waals surface area contributed by atoms with E-state index in [-0.39, 0.29) is 18.7 Å². The number of rotatable bonds is 4. The molecule has 0 spiro atoms. The SMILES string of the molecule is Cc1nc2c([C@H](C)c3cccc(C(F)(F)F)c3)nn(CCO)c2c(=O)[nH]1. The average Bonchev–Trinajstić information content (AvgIpc) is 2.92. The van der Waals surface area contributed by atoms with Crippen LogP contribution < -0.4 is 5.56 Å². The molecule has 0 bridgehead atoms. The van der Waals surface area contributed by atoms with Crippen molar-refractivity contribution in [2.45, 2.75) is 32.5 Å². The predicted octanol–water partition coefficient (Wildman–Crippen LogP) is 2.59. The van der Waals surface area contributed by atoms with Gasteiger partial charge in [0.05, 0.1) is 24.4 Å². The van der Waals surface area contributed by atoms with E-state index in [0.29, 0.717) is 22.6 Å². The van der Waals surface area contributed by atoms with Crippen LogP contribution >= 0.6 is 0 Å². The number of aryl methyl sites for hydroxylation is 1. The van der Waals surface area contributed by atoms with Gasteiger partial charge in [0.2, 0.25) is 0 Å². The van der Waals surface area contributed by atoms with Gasteiger partial charge in [-0.2, -0.15) is 18.3 Å². The summed E-state index contributed by atoms with van der Waals surface area (Å²) in [5.41, 5.74) is 0.166. The Morgan fingerprint density at radius 1 is 1.35 bits per heavy atom. The van der Waals surface area contributed by atoms with E-state index in [2.05, 4.69) is 15.1 Å². The van der Waals surface area contributed by atoms with Gasteiger partial charge in [0.15, 0.2) is 5.52 Å². The van der Waals surface area contributed by atoms with Crippen molar-refractivity contribution in [3.05, 3.63) is 57.3 Å². The molecule has 26 heavy (non-hydrogen) atoms. The number of fused-ring (bicyclic) bond motifs is 1. The summed E-state index contributed by atoms with van der Waals surface area (Å²) in [4.78, 5) is 19.2. The fraction of sp³-hybridized carbons (Fsp3) is 0.353. The molecule has 138 valence electrons. The molecule has 2 aromatic heterocycles. The van der Waals surface area contributed by atoms with Crippen molar-refractivity contribution in [2.24, 2.45) is 0 Å². The fourth-order valence-corrected chi connectivity index (χ4v) is 2.92. The molecule has 0 aliphatic heterocycles. The standard InChI is InChI=1S/C17H17F3N4O2/c1-9(11-4-3-5-12(8-11)17(18,19)20)13-14-15(24(23-13)6-7-25)16(26)22-10(2)21-14/h3-5,8-9,25H,6-7H2,1-2H3,(H,21,22,26)/t9-/m1/s1. The number of alkyl halides is 3. The van der Waals surface area contributed by atoms with E-state index in [4.69, 9.17) is 0 Å². The lowest BCUT2D eigenvalue weighted by molar-refractivity contribution is -0.137. The summed E-state index contributed by atoms with van der Waals surface area (Å²) in [5, 5.41) is 13.5. The smallest absolute Gasteiger partial charge is 0.394 e. The zero-order valence-electron chi connectivity index (χ0n) is 14.1. The molecular formula is C17H17F3N4O2. The Bertz CT molecular complexity index is 1010. The highest BCUT2D eigenvalue weighted by atomic mass is 19.4. The molecule has 2 N–H and O–H groups in total. The molecule has 3 rings (SSSR count). The molecule has 1 atom stereocenters. The van der Waals surface area contributed by atoms with Gasteiger partial charge >= 0.3 is 6.18 Å². The number of aromatic amines is 1. The molecule has 0 amide bonds. The largest absolute Gasteiger partial charge is 0.416 e. The third-order valence-electron chi connectivity index (χ3n) is 4.18. The number of aliphatic hydroxyl groups excluding tert-OH is 1. The quantitative estimate of drug-likeness (QED) is 0.743.